The third kappa shape index (κ3) is 2.47. The fourth-order valence-electron chi connectivity index (χ4n) is 1.04. The SMILES string of the molecule is CCC[CH]c1c(F)cc(F)cc1F. The minimum atomic E-state index is -0.886. The second-order valence-corrected chi connectivity index (χ2v) is 2.78. The molecule has 0 aliphatic heterocycles. The van der Waals surface area contributed by atoms with E-state index in [9.17, 15) is 13.2 Å². The van der Waals surface area contributed by atoms with Crippen molar-refractivity contribution < 1.29 is 13.2 Å². The van der Waals surface area contributed by atoms with Crippen LogP contribution in [0.3, 0.4) is 0 Å². The molecular formula is C10H10F3. The van der Waals surface area contributed by atoms with Gasteiger partial charge < -0.3 is 0 Å². The zero-order valence-corrected chi connectivity index (χ0v) is 7.28. The number of rotatable bonds is 3. The molecule has 0 unspecified atom stereocenters. The van der Waals surface area contributed by atoms with E-state index < -0.39 is 17.5 Å². The van der Waals surface area contributed by atoms with Gasteiger partial charge in [0.2, 0.25) is 0 Å². The Balaban J connectivity index is 2.92. The molecule has 0 nitrogen and oxygen atoms in total. The quantitative estimate of drug-likeness (QED) is 0.679. The molecule has 0 saturated heterocycles. The predicted molar refractivity (Wildman–Crippen MR) is 44.6 cm³/mol. The normalized spacial score (nSPS) is 10.5. The fourth-order valence-corrected chi connectivity index (χ4v) is 1.04. The smallest absolute Gasteiger partial charge is 0.132 e. The number of halogens is 3. The largest absolute Gasteiger partial charge is 0.207 e. The average molecular weight is 187 g/mol. The molecule has 0 bridgehead atoms. The van der Waals surface area contributed by atoms with Crippen LogP contribution in [0.2, 0.25) is 0 Å². The van der Waals surface area contributed by atoms with E-state index in [4.69, 9.17) is 0 Å². The molecule has 0 aromatic heterocycles. The van der Waals surface area contributed by atoms with Crippen molar-refractivity contribution in [2.24, 2.45) is 0 Å². The fraction of sp³-hybridized carbons (Fsp3) is 0.300. The van der Waals surface area contributed by atoms with Crippen LogP contribution in [0.4, 0.5) is 13.2 Å². The maximum atomic E-state index is 12.9. The molecule has 0 aliphatic carbocycles. The van der Waals surface area contributed by atoms with Crippen LogP contribution in [0.5, 0.6) is 0 Å². The molecule has 1 aromatic carbocycles. The lowest BCUT2D eigenvalue weighted by atomic mass is 10.1. The van der Waals surface area contributed by atoms with Gasteiger partial charge in [-0.05, 0) is 12.8 Å². The molecule has 71 valence electrons. The van der Waals surface area contributed by atoms with Crippen molar-refractivity contribution in [3.05, 3.63) is 41.6 Å². The van der Waals surface area contributed by atoms with E-state index in [-0.39, 0.29) is 5.56 Å². The maximum absolute atomic E-state index is 12.9. The third-order valence-corrected chi connectivity index (χ3v) is 1.68. The van der Waals surface area contributed by atoms with Crippen LogP contribution in [-0.2, 0) is 0 Å². The van der Waals surface area contributed by atoms with Gasteiger partial charge in [0.15, 0.2) is 0 Å². The number of hydrogen-bond donors (Lipinski definition) is 0. The number of benzene rings is 1. The highest BCUT2D eigenvalue weighted by atomic mass is 19.1. The van der Waals surface area contributed by atoms with Crippen LogP contribution in [0.25, 0.3) is 0 Å². The molecule has 0 aliphatic rings. The molecule has 1 aromatic rings. The van der Waals surface area contributed by atoms with Crippen LogP contribution in [0.1, 0.15) is 25.3 Å². The van der Waals surface area contributed by atoms with Crippen molar-refractivity contribution in [3.8, 4) is 0 Å². The first-order chi connectivity index (χ1) is 6.15. The van der Waals surface area contributed by atoms with E-state index in [1.54, 1.807) is 0 Å². The summed E-state index contributed by atoms with van der Waals surface area (Å²) in [5, 5.41) is 0. The summed E-state index contributed by atoms with van der Waals surface area (Å²) in [4.78, 5) is 0. The number of hydrogen-bond acceptors (Lipinski definition) is 0. The first-order valence-corrected chi connectivity index (χ1v) is 4.13. The van der Waals surface area contributed by atoms with Crippen LogP contribution in [0.15, 0.2) is 12.1 Å². The molecule has 0 heterocycles. The molecule has 0 atom stereocenters. The summed E-state index contributed by atoms with van der Waals surface area (Å²) in [5.74, 6) is -2.57. The standard InChI is InChI=1S/C10H10F3/c1-2-3-4-8-9(12)5-7(11)6-10(8)13/h4-6H,2-3H2,1H3. The van der Waals surface area contributed by atoms with Gasteiger partial charge in [-0.1, -0.05) is 13.3 Å². The lowest BCUT2D eigenvalue weighted by molar-refractivity contribution is 0.532. The van der Waals surface area contributed by atoms with Crippen molar-refractivity contribution in [1.82, 2.24) is 0 Å². The van der Waals surface area contributed by atoms with Crippen molar-refractivity contribution in [1.29, 1.82) is 0 Å². The Kier molecular flexibility index (Phi) is 3.34. The van der Waals surface area contributed by atoms with Gasteiger partial charge in [0.1, 0.15) is 17.5 Å². The Morgan fingerprint density at radius 3 is 2.15 bits per heavy atom. The number of unbranched alkanes of at least 4 members (excludes halogenated alkanes) is 1. The molecule has 0 fully saturated rings. The van der Waals surface area contributed by atoms with Gasteiger partial charge in [-0.3, -0.25) is 0 Å². The summed E-state index contributed by atoms with van der Waals surface area (Å²) in [7, 11) is 0. The van der Waals surface area contributed by atoms with E-state index in [1.165, 1.54) is 6.42 Å². The van der Waals surface area contributed by atoms with Gasteiger partial charge in [0.05, 0.1) is 0 Å². The Morgan fingerprint density at radius 1 is 1.15 bits per heavy atom. The Morgan fingerprint density at radius 2 is 1.69 bits per heavy atom. The van der Waals surface area contributed by atoms with E-state index in [0.717, 1.165) is 6.42 Å². The van der Waals surface area contributed by atoms with E-state index in [0.29, 0.717) is 18.6 Å². The van der Waals surface area contributed by atoms with Gasteiger partial charge in [-0.25, -0.2) is 13.2 Å². The maximum Gasteiger partial charge on any atom is 0.132 e. The lowest BCUT2D eigenvalue weighted by Crippen LogP contribution is -1.95. The third-order valence-electron chi connectivity index (χ3n) is 1.68. The van der Waals surface area contributed by atoms with Crippen LogP contribution >= 0.6 is 0 Å². The summed E-state index contributed by atoms with van der Waals surface area (Å²) in [6, 6.07) is 1.37. The zero-order valence-electron chi connectivity index (χ0n) is 7.28. The zero-order chi connectivity index (χ0) is 9.84. The molecule has 0 N–H and O–H groups in total. The van der Waals surface area contributed by atoms with Crippen molar-refractivity contribution in [2.75, 3.05) is 0 Å². The van der Waals surface area contributed by atoms with Crippen molar-refractivity contribution in [3.63, 3.8) is 0 Å². The van der Waals surface area contributed by atoms with Gasteiger partial charge in [-0.2, -0.15) is 0 Å². The highest BCUT2D eigenvalue weighted by Gasteiger charge is 2.10. The van der Waals surface area contributed by atoms with E-state index in [1.807, 2.05) is 6.92 Å². The summed E-state index contributed by atoms with van der Waals surface area (Å²) < 4.78 is 38.3. The molecule has 13 heavy (non-hydrogen) atoms. The minimum Gasteiger partial charge on any atom is -0.207 e. The highest BCUT2D eigenvalue weighted by molar-refractivity contribution is 5.27. The topological polar surface area (TPSA) is 0 Å². The predicted octanol–water partition coefficient (Wildman–Crippen LogP) is 3.46. The first kappa shape index (κ1) is 10.1. The molecular weight excluding hydrogens is 177 g/mol. The monoisotopic (exact) mass is 187 g/mol. The average Bonchev–Trinajstić information content (AvgIpc) is 2.02. The molecule has 3 heteroatoms. The van der Waals surface area contributed by atoms with Crippen molar-refractivity contribution >= 4 is 0 Å². The summed E-state index contributed by atoms with van der Waals surface area (Å²) in [6.45, 7) is 1.90. The van der Waals surface area contributed by atoms with Crippen LogP contribution < -0.4 is 0 Å². The summed E-state index contributed by atoms with van der Waals surface area (Å²) in [5.41, 5.74) is -0.136. The Labute approximate surface area is 75.4 Å². The second kappa shape index (κ2) is 4.30. The Bertz CT molecular complexity index is 271. The summed E-state index contributed by atoms with van der Waals surface area (Å²) in [6.07, 6.45) is 2.82. The molecule has 0 saturated carbocycles. The lowest BCUT2D eigenvalue weighted by Gasteiger charge is -2.03. The second-order valence-electron chi connectivity index (χ2n) is 2.78. The highest BCUT2D eigenvalue weighted by Crippen LogP contribution is 2.18. The van der Waals surface area contributed by atoms with E-state index in [2.05, 4.69) is 0 Å². The first-order valence-electron chi connectivity index (χ1n) is 4.13. The molecule has 1 radical (unpaired) electrons. The summed E-state index contributed by atoms with van der Waals surface area (Å²) >= 11 is 0. The van der Waals surface area contributed by atoms with Gasteiger partial charge in [0, 0.05) is 17.7 Å². The van der Waals surface area contributed by atoms with Gasteiger partial charge in [0.25, 0.3) is 0 Å². The van der Waals surface area contributed by atoms with Crippen LogP contribution in [0, 0.1) is 23.9 Å². The molecule has 1 rings (SSSR count). The van der Waals surface area contributed by atoms with Crippen LogP contribution in [-0.4, -0.2) is 0 Å². The van der Waals surface area contributed by atoms with Gasteiger partial charge >= 0.3 is 0 Å². The van der Waals surface area contributed by atoms with Gasteiger partial charge in [-0.15, -0.1) is 0 Å². The van der Waals surface area contributed by atoms with E-state index >= 15 is 0 Å². The Hall–Kier alpha value is -0.990. The molecule has 0 spiro atoms. The minimum absolute atomic E-state index is 0.136. The molecule has 0 amide bonds. The van der Waals surface area contributed by atoms with Crippen molar-refractivity contribution in [2.45, 2.75) is 19.8 Å².